The molecule has 1 heterocycles. The molecule has 0 fully saturated rings. The topological polar surface area (TPSA) is 58.2 Å². The zero-order valence-electron chi connectivity index (χ0n) is 15.3. The lowest BCUT2D eigenvalue weighted by atomic mass is 9.95. The number of aryl methyl sites for hydroxylation is 1. The number of nitrogens with one attached hydrogen (secondary N) is 2. The number of thiophene rings is 1. The smallest absolute Gasteiger partial charge is 0.254 e. The van der Waals surface area contributed by atoms with Crippen LogP contribution in [-0.2, 0) is 24.1 Å². The lowest BCUT2D eigenvalue weighted by Crippen LogP contribution is -2.22. The monoisotopic (exact) mass is 378 g/mol. The zero-order valence-corrected chi connectivity index (χ0v) is 16.1. The van der Waals surface area contributed by atoms with Crippen LogP contribution >= 0.6 is 11.3 Å². The van der Waals surface area contributed by atoms with Crippen LogP contribution in [0.2, 0.25) is 0 Å². The Morgan fingerprint density at radius 1 is 1.04 bits per heavy atom. The molecule has 0 radical (unpaired) electrons. The third-order valence-corrected chi connectivity index (χ3v) is 6.32. The van der Waals surface area contributed by atoms with E-state index >= 15 is 0 Å². The zero-order chi connectivity index (χ0) is 18.8. The van der Waals surface area contributed by atoms with Crippen LogP contribution in [0.3, 0.4) is 0 Å². The number of hydrogen-bond donors (Lipinski definition) is 2. The van der Waals surface area contributed by atoms with Crippen molar-refractivity contribution in [2.75, 3.05) is 12.4 Å². The molecule has 0 bridgehead atoms. The van der Waals surface area contributed by atoms with Gasteiger partial charge in [0.25, 0.3) is 5.91 Å². The van der Waals surface area contributed by atoms with Crippen molar-refractivity contribution in [1.82, 2.24) is 5.32 Å². The van der Waals surface area contributed by atoms with Crippen LogP contribution in [0.5, 0.6) is 0 Å². The number of rotatable bonds is 4. The van der Waals surface area contributed by atoms with E-state index in [1.54, 1.807) is 18.4 Å². The first-order chi connectivity index (χ1) is 13.2. The van der Waals surface area contributed by atoms with Crippen molar-refractivity contribution in [3.8, 4) is 0 Å². The summed E-state index contributed by atoms with van der Waals surface area (Å²) in [6.07, 6.45) is 4.43. The van der Waals surface area contributed by atoms with E-state index in [9.17, 15) is 9.59 Å². The van der Waals surface area contributed by atoms with Gasteiger partial charge in [-0.05, 0) is 47.6 Å². The molecule has 0 spiro atoms. The molecule has 2 amide bonds. The van der Waals surface area contributed by atoms with Gasteiger partial charge < -0.3 is 10.6 Å². The highest BCUT2D eigenvalue weighted by Crippen LogP contribution is 2.38. The second kappa shape index (κ2) is 7.53. The van der Waals surface area contributed by atoms with Crippen molar-refractivity contribution in [2.24, 2.45) is 0 Å². The molecular weight excluding hydrogens is 356 g/mol. The van der Waals surface area contributed by atoms with Crippen molar-refractivity contribution in [1.29, 1.82) is 0 Å². The molecule has 4 rings (SSSR count). The van der Waals surface area contributed by atoms with Gasteiger partial charge in [-0.3, -0.25) is 9.59 Å². The van der Waals surface area contributed by atoms with Crippen LogP contribution in [0, 0.1) is 0 Å². The molecule has 3 aromatic rings. The molecule has 138 valence electrons. The van der Waals surface area contributed by atoms with Gasteiger partial charge in [0.1, 0.15) is 5.00 Å². The van der Waals surface area contributed by atoms with Crippen LogP contribution < -0.4 is 10.6 Å². The fourth-order valence-electron chi connectivity index (χ4n) is 3.81. The highest BCUT2D eigenvalue weighted by atomic mass is 32.1. The summed E-state index contributed by atoms with van der Waals surface area (Å²) in [6, 6.07) is 14.1. The molecule has 0 unspecified atom stereocenters. The molecule has 5 heteroatoms. The van der Waals surface area contributed by atoms with Crippen molar-refractivity contribution >= 4 is 38.9 Å². The van der Waals surface area contributed by atoms with Crippen LogP contribution in [0.1, 0.15) is 39.2 Å². The highest BCUT2D eigenvalue weighted by Gasteiger charge is 2.25. The molecule has 0 atom stereocenters. The van der Waals surface area contributed by atoms with Gasteiger partial charge in [-0.15, -0.1) is 11.3 Å². The molecule has 1 aliphatic carbocycles. The molecule has 27 heavy (non-hydrogen) atoms. The maximum atomic E-state index is 12.8. The lowest BCUT2D eigenvalue weighted by Gasteiger charge is -2.12. The number of anilines is 1. The predicted octanol–water partition coefficient (Wildman–Crippen LogP) is 4.32. The van der Waals surface area contributed by atoms with E-state index in [1.807, 2.05) is 42.5 Å². The first-order valence-corrected chi connectivity index (χ1v) is 10.1. The Balaban J connectivity index is 1.61. The van der Waals surface area contributed by atoms with Gasteiger partial charge in [0, 0.05) is 11.9 Å². The van der Waals surface area contributed by atoms with Gasteiger partial charge in [-0.25, -0.2) is 0 Å². The molecule has 2 N–H and O–H groups in total. The average Bonchev–Trinajstić information content (AvgIpc) is 3.05. The largest absolute Gasteiger partial charge is 0.355 e. The van der Waals surface area contributed by atoms with Crippen molar-refractivity contribution in [2.45, 2.75) is 32.1 Å². The van der Waals surface area contributed by atoms with Gasteiger partial charge >= 0.3 is 0 Å². The van der Waals surface area contributed by atoms with E-state index in [0.717, 1.165) is 47.6 Å². The molecule has 4 nitrogen and oxygen atoms in total. The van der Waals surface area contributed by atoms with E-state index in [1.165, 1.54) is 4.88 Å². The van der Waals surface area contributed by atoms with Gasteiger partial charge in [-0.1, -0.05) is 42.5 Å². The number of carbonyl (C=O) groups is 2. The van der Waals surface area contributed by atoms with Crippen LogP contribution in [-0.4, -0.2) is 18.9 Å². The second-order valence-corrected chi connectivity index (χ2v) is 7.96. The Hall–Kier alpha value is -2.66. The summed E-state index contributed by atoms with van der Waals surface area (Å²) in [4.78, 5) is 26.4. The Kier molecular flexibility index (Phi) is 4.94. The number of benzene rings is 2. The summed E-state index contributed by atoms with van der Waals surface area (Å²) in [5.41, 5.74) is 2.77. The summed E-state index contributed by atoms with van der Waals surface area (Å²) >= 11 is 1.56. The normalized spacial score (nSPS) is 13.2. The molecule has 1 aromatic heterocycles. The lowest BCUT2D eigenvalue weighted by molar-refractivity contribution is -0.115. The number of fused-ring (bicyclic) bond motifs is 2. The minimum absolute atomic E-state index is 0.0879. The molecule has 2 aromatic carbocycles. The first-order valence-electron chi connectivity index (χ1n) is 9.30. The van der Waals surface area contributed by atoms with Crippen molar-refractivity contribution in [3.63, 3.8) is 0 Å². The van der Waals surface area contributed by atoms with Crippen molar-refractivity contribution in [3.05, 3.63) is 64.0 Å². The highest BCUT2D eigenvalue weighted by molar-refractivity contribution is 7.17. The van der Waals surface area contributed by atoms with Gasteiger partial charge in [0.05, 0.1) is 12.0 Å². The first kappa shape index (κ1) is 17.7. The fourth-order valence-corrected chi connectivity index (χ4v) is 5.11. The van der Waals surface area contributed by atoms with E-state index in [0.29, 0.717) is 10.6 Å². The maximum Gasteiger partial charge on any atom is 0.254 e. The Labute approximate surface area is 162 Å². The van der Waals surface area contributed by atoms with E-state index < -0.39 is 0 Å². The summed E-state index contributed by atoms with van der Waals surface area (Å²) in [7, 11) is 1.64. The van der Waals surface area contributed by atoms with Crippen LogP contribution in [0.4, 0.5) is 5.00 Å². The Bertz CT molecular complexity index is 1020. The third kappa shape index (κ3) is 3.47. The maximum absolute atomic E-state index is 12.8. The standard InChI is InChI=1S/C22H22N2O2S/c1-23-21(26)20-17-11-4-5-12-18(17)27-22(20)24-19(25)13-15-9-6-8-14-7-2-3-10-16(14)15/h2-3,6-10H,4-5,11-13H2,1H3,(H,23,26)(H,24,25). The SMILES string of the molecule is CNC(=O)c1c(NC(=O)Cc2cccc3ccccc23)sc2c1CCCC2. The van der Waals surface area contributed by atoms with Crippen LogP contribution in [0.15, 0.2) is 42.5 Å². The van der Waals surface area contributed by atoms with Gasteiger partial charge in [-0.2, -0.15) is 0 Å². The summed E-state index contributed by atoms with van der Waals surface area (Å²) < 4.78 is 0. The average molecular weight is 378 g/mol. The fraction of sp³-hybridized carbons (Fsp3) is 0.273. The van der Waals surface area contributed by atoms with Crippen molar-refractivity contribution < 1.29 is 9.59 Å². The predicted molar refractivity (Wildman–Crippen MR) is 111 cm³/mol. The molecule has 1 aliphatic rings. The number of hydrogen-bond acceptors (Lipinski definition) is 3. The summed E-state index contributed by atoms with van der Waals surface area (Å²) in [5, 5.41) is 8.64. The summed E-state index contributed by atoms with van der Waals surface area (Å²) in [6.45, 7) is 0. The molecule has 0 saturated carbocycles. The Morgan fingerprint density at radius 3 is 2.67 bits per heavy atom. The minimum Gasteiger partial charge on any atom is -0.355 e. The molecule has 0 saturated heterocycles. The Morgan fingerprint density at radius 2 is 1.81 bits per heavy atom. The third-order valence-electron chi connectivity index (χ3n) is 5.11. The van der Waals surface area contributed by atoms with E-state index in [4.69, 9.17) is 0 Å². The number of amides is 2. The minimum atomic E-state index is -0.116. The number of carbonyl (C=O) groups excluding carboxylic acids is 2. The van der Waals surface area contributed by atoms with Gasteiger partial charge in [0.15, 0.2) is 0 Å². The van der Waals surface area contributed by atoms with E-state index in [-0.39, 0.29) is 18.2 Å². The van der Waals surface area contributed by atoms with Crippen LogP contribution in [0.25, 0.3) is 10.8 Å². The summed E-state index contributed by atoms with van der Waals surface area (Å²) in [5.74, 6) is -0.204. The molecule has 0 aliphatic heterocycles. The van der Waals surface area contributed by atoms with Gasteiger partial charge in [0.2, 0.25) is 5.91 Å². The van der Waals surface area contributed by atoms with E-state index in [2.05, 4.69) is 10.6 Å². The second-order valence-electron chi connectivity index (χ2n) is 6.86. The molecular formula is C22H22N2O2S. The quantitative estimate of drug-likeness (QED) is 0.710.